The van der Waals surface area contributed by atoms with Gasteiger partial charge in [0, 0.05) is 33.2 Å². The van der Waals surface area contributed by atoms with Gasteiger partial charge in [-0.15, -0.1) is 24.0 Å². The van der Waals surface area contributed by atoms with Gasteiger partial charge < -0.3 is 10.2 Å². The first kappa shape index (κ1) is 32.4. The quantitative estimate of drug-likeness (QED) is 0.272. The number of benzene rings is 2. The van der Waals surface area contributed by atoms with E-state index in [1.807, 2.05) is 6.07 Å². The number of nitrogens with zero attached hydrogens (tertiary/aromatic N) is 3. The Kier molecular flexibility index (Phi) is 11.3. The zero-order valence-corrected chi connectivity index (χ0v) is 24.0. The van der Waals surface area contributed by atoms with E-state index in [2.05, 4.69) is 5.32 Å². The maximum atomic E-state index is 13.8. The van der Waals surface area contributed by atoms with Crippen LogP contribution in [0, 0.1) is 23.1 Å². The first-order chi connectivity index (χ1) is 17.9. The summed E-state index contributed by atoms with van der Waals surface area (Å²) in [6.07, 6.45) is -2.01. The van der Waals surface area contributed by atoms with Gasteiger partial charge in [0.25, 0.3) is 5.91 Å². The number of sulfonamides is 1. The Morgan fingerprint density at radius 1 is 1.15 bits per heavy atom. The van der Waals surface area contributed by atoms with Crippen molar-refractivity contribution in [2.24, 2.45) is 5.92 Å². The molecule has 0 saturated carbocycles. The lowest BCUT2D eigenvalue weighted by atomic mass is 10.1. The summed E-state index contributed by atoms with van der Waals surface area (Å²) < 4.78 is 76.4. The predicted molar refractivity (Wildman–Crippen MR) is 146 cm³/mol. The van der Waals surface area contributed by atoms with Crippen molar-refractivity contribution in [3.8, 4) is 6.07 Å². The number of likely N-dealkylation sites (tertiary alicyclic amines) is 1. The van der Waals surface area contributed by atoms with Gasteiger partial charge in [0.15, 0.2) is 0 Å². The molecule has 2 aliphatic rings. The highest BCUT2D eigenvalue weighted by Gasteiger charge is 2.37. The lowest BCUT2D eigenvalue weighted by Gasteiger charge is -2.34. The molecule has 2 heterocycles. The zero-order chi connectivity index (χ0) is 28.1. The zero-order valence-electron chi connectivity index (χ0n) is 20.8. The molecule has 0 aromatic heterocycles. The van der Waals surface area contributed by atoms with E-state index in [1.54, 1.807) is 11.8 Å². The maximum Gasteiger partial charge on any atom is 0.416 e. The molecule has 0 spiro atoms. The number of carbonyl (C=O) groups excluding carboxylic acids is 2. The van der Waals surface area contributed by atoms with E-state index >= 15 is 0 Å². The highest BCUT2D eigenvalue weighted by molar-refractivity contribution is 14.0. The Morgan fingerprint density at radius 3 is 2.26 bits per heavy atom. The maximum absolute atomic E-state index is 13.8. The van der Waals surface area contributed by atoms with Crippen molar-refractivity contribution in [2.45, 2.75) is 36.9 Å². The Morgan fingerprint density at radius 2 is 1.74 bits per heavy atom. The molecule has 39 heavy (non-hydrogen) atoms. The fourth-order valence-corrected chi connectivity index (χ4v) is 5.55. The summed E-state index contributed by atoms with van der Waals surface area (Å²) in [6, 6.07) is 9.60. The SMILES string of the molecule is C[C@@H](NC=O)c1ccc(C(F)(F)F)cc1.I.N#CC1CN(S(=O)(=O)c2cc(F)cc(C(=O)N3CCCC3)c2)C1.[HH]. The summed E-state index contributed by atoms with van der Waals surface area (Å²) >= 11 is 0. The number of hydrogen-bond donors (Lipinski definition) is 1. The number of rotatable bonds is 6. The third-order valence-corrected chi connectivity index (χ3v) is 8.05. The Bertz CT molecular complexity index is 1310. The van der Waals surface area contributed by atoms with Crippen LogP contribution < -0.4 is 5.32 Å². The third-order valence-electron chi connectivity index (χ3n) is 6.24. The van der Waals surface area contributed by atoms with E-state index < -0.39 is 27.6 Å². The number of nitrogens with one attached hydrogen (secondary N) is 1. The van der Waals surface area contributed by atoms with Gasteiger partial charge in [-0.1, -0.05) is 12.1 Å². The Balaban J connectivity index is 0.000000414. The molecule has 0 unspecified atom stereocenters. The highest BCUT2D eigenvalue weighted by Crippen LogP contribution is 2.30. The molecule has 2 aromatic carbocycles. The van der Waals surface area contributed by atoms with Gasteiger partial charge in [-0.05, 0) is 55.7 Å². The molecule has 1 N–H and O–H groups in total. The molecule has 2 amide bonds. The lowest BCUT2D eigenvalue weighted by molar-refractivity contribution is -0.137. The van der Waals surface area contributed by atoms with Gasteiger partial charge in [0.05, 0.1) is 28.5 Å². The molecular formula is C25H29F4IN4O4S. The van der Waals surface area contributed by atoms with Crippen LogP contribution in [0.2, 0.25) is 0 Å². The number of carbonyl (C=O) groups is 2. The largest absolute Gasteiger partial charge is 0.416 e. The van der Waals surface area contributed by atoms with Crippen LogP contribution in [0.3, 0.4) is 0 Å². The van der Waals surface area contributed by atoms with Gasteiger partial charge in [-0.3, -0.25) is 9.59 Å². The van der Waals surface area contributed by atoms with Crippen LogP contribution >= 0.6 is 24.0 Å². The van der Waals surface area contributed by atoms with E-state index in [9.17, 15) is 35.6 Å². The molecular weight excluding hydrogens is 655 g/mol. The number of alkyl halides is 3. The second-order valence-corrected chi connectivity index (χ2v) is 10.9. The number of hydrogen-bond acceptors (Lipinski definition) is 5. The minimum absolute atomic E-state index is 0. The highest BCUT2D eigenvalue weighted by atomic mass is 127. The van der Waals surface area contributed by atoms with E-state index in [-0.39, 0.29) is 66.8 Å². The van der Waals surface area contributed by atoms with Gasteiger partial charge in [-0.25, -0.2) is 12.8 Å². The molecule has 14 heteroatoms. The van der Waals surface area contributed by atoms with Gasteiger partial charge in [0.1, 0.15) is 5.82 Å². The van der Waals surface area contributed by atoms with Crippen molar-refractivity contribution in [1.29, 1.82) is 5.26 Å². The number of nitriles is 1. The fourth-order valence-electron chi connectivity index (χ4n) is 3.96. The normalized spacial score (nSPS) is 16.6. The average molecular weight is 684 g/mol. The van der Waals surface area contributed by atoms with Gasteiger partial charge in [-0.2, -0.15) is 22.7 Å². The summed E-state index contributed by atoms with van der Waals surface area (Å²) in [5.74, 6) is -1.44. The van der Waals surface area contributed by atoms with Crippen LogP contribution in [0.25, 0.3) is 0 Å². The summed E-state index contributed by atoms with van der Waals surface area (Å²) in [5, 5.41) is 11.2. The average Bonchev–Trinajstić information content (AvgIpc) is 3.37. The van der Waals surface area contributed by atoms with Crippen LogP contribution in [0.1, 0.15) is 48.7 Å². The van der Waals surface area contributed by atoms with E-state index in [0.717, 1.165) is 41.4 Å². The van der Waals surface area contributed by atoms with Crippen LogP contribution in [-0.4, -0.2) is 56.1 Å². The fraction of sp³-hybridized carbons (Fsp3) is 0.400. The van der Waals surface area contributed by atoms with Crippen molar-refractivity contribution in [3.05, 3.63) is 65.0 Å². The molecule has 2 aromatic rings. The standard InChI is InChI=1S/C15H16FN3O3S.C10H10F3NO.HI.H2/c16-13-5-12(15(20)18-3-1-2-4-18)6-14(7-13)23(21,22)19-9-11(8-17)10-19;1-7(14-6-15)8-2-4-9(5-3-8)10(11,12)13;;/h5-7,11H,1-4,9-10H2;2-7H,1H3,(H,14,15);2*1H/t;7-;;/m.1../s1. The molecule has 214 valence electrons. The summed E-state index contributed by atoms with van der Waals surface area (Å²) in [7, 11) is -3.88. The number of halogens is 5. The van der Waals surface area contributed by atoms with Crippen molar-refractivity contribution in [3.63, 3.8) is 0 Å². The minimum Gasteiger partial charge on any atom is -0.352 e. The summed E-state index contributed by atoms with van der Waals surface area (Å²) in [6.45, 7) is 3.10. The lowest BCUT2D eigenvalue weighted by Crippen LogP contribution is -2.49. The van der Waals surface area contributed by atoms with Gasteiger partial charge in [0.2, 0.25) is 16.4 Å². The van der Waals surface area contributed by atoms with E-state index in [0.29, 0.717) is 25.1 Å². The first-order valence-corrected chi connectivity index (χ1v) is 13.2. The molecule has 0 bridgehead atoms. The minimum atomic E-state index is -4.32. The monoisotopic (exact) mass is 684 g/mol. The van der Waals surface area contributed by atoms with Crippen molar-refractivity contribution in [2.75, 3.05) is 26.2 Å². The first-order valence-electron chi connectivity index (χ1n) is 11.7. The third kappa shape index (κ3) is 8.12. The second kappa shape index (κ2) is 13.5. The molecule has 0 aliphatic carbocycles. The van der Waals surface area contributed by atoms with Crippen LogP contribution in [0.15, 0.2) is 47.4 Å². The predicted octanol–water partition coefficient (Wildman–Crippen LogP) is 4.58. The van der Waals surface area contributed by atoms with E-state index in [1.165, 1.54) is 18.2 Å². The molecule has 1 atom stereocenters. The molecule has 2 fully saturated rings. The molecule has 4 rings (SSSR count). The molecule has 8 nitrogen and oxygen atoms in total. The number of amides is 2. The Hall–Kier alpha value is -2.77. The van der Waals surface area contributed by atoms with Crippen molar-refractivity contribution in [1.82, 2.24) is 14.5 Å². The van der Waals surface area contributed by atoms with Gasteiger partial charge >= 0.3 is 6.18 Å². The summed E-state index contributed by atoms with van der Waals surface area (Å²) in [5.41, 5.74) is -0.0116. The molecule has 2 saturated heterocycles. The van der Waals surface area contributed by atoms with Crippen molar-refractivity contribution < 1.29 is 37.0 Å². The molecule has 2 aliphatic heterocycles. The van der Waals surface area contributed by atoms with Crippen LogP contribution in [0.5, 0.6) is 0 Å². The van der Waals surface area contributed by atoms with Crippen molar-refractivity contribution >= 4 is 46.3 Å². The second-order valence-electron chi connectivity index (χ2n) is 8.95. The summed E-state index contributed by atoms with van der Waals surface area (Å²) in [4.78, 5) is 23.8. The molecule has 0 radical (unpaired) electrons. The smallest absolute Gasteiger partial charge is 0.352 e. The topological polar surface area (TPSA) is 111 Å². The van der Waals surface area contributed by atoms with Crippen LogP contribution in [-0.2, 0) is 21.0 Å². The Labute approximate surface area is 242 Å². The van der Waals surface area contributed by atoms with Crippen LogP contribution in [0.4, 0.5) is 17.6 Å². The van der Waals surface area contributed by atoms with E-state index in [4.69, 9.17) is 5.26 Å².